The highest BCUT2D eigenvalue weighted by molar-refractivity contribution is 6.02. The molecule has 0 heterocycles. The number of benzene rings is 10. The molecule has 1 aliphatic carbocycles. The van der Waals surface area contributed by atoms with E-state index in [9.17, 15) is 0 Å². The van der Waals surface area contributed by atoms with E-state index in [4.69, 9.17) is 0 Å². The molecule has 1 aliphatic rings. The predicted octanol–water partition coefficient (Wildman–Crippen LogP) is 16.9. The van der Waals surface area contributed by atoms with E-state index in [0.717, 1.165) is 40.5 Å². The molecule has 0 bridgehead atoms. The van der Waals surface area contributed by atoms with Crippen LogP contribution in [0.3, 0.4) is 0 Å². The maximum absolute atomic E-state index is 2.45. The molecule has 0 spiro atoms. The molecule has 0 aliphatic heterocycles. The Bertz CT molecular complexity index is 3190. The molecule has 304 valence electrons. The molecule has 0 saturated heterocycles. The van der Waals surface area contributed by atoms with Crippen LogP contribution in [0.5, 0.6) is 0 Å². The third-order valence-electron chi connectivity index (χ3n) is 12.8. The number of rotatable bonds is 10. The van der Waals surface area contributed by atoms with Gasteiger partial charge in [0.2, 0.25) is 0 Å². The van der Waals surface area contributed by atoms with Gasteiger partial charge in [0, 0.05) is 38.9 Å². The molecular formula is C62H46N2. The van der Waals surface area contributed by atoms with Gasteiger partial charge in [-0.15, -0.1) is 0 Å². The van der Waals surface area contributed by atoms with E-state index in [2.05, 4.69) is 277 Å². The summed E-state index contributed by atoms with van der Waals surface area (Å²) in [6.45, 7) is 0. The lowest BCUT2D eigenvalue weighted by Gasteiger charge is -2.36. The largest absolute Gasteiger partial charge is 0.310 e. The van der Waals surface area contributed by atoms with Crippen molar-refractivity contribution in [3.05, 3.63) is 284 Å². The van der Waals surface area contributed by atoms with Gasteiger partial charge in [0.25, 0.3) is 0 Å². The van der Waals surface area contributed by atoms with Gasteiger partial charge in [-0.3, -0.25) is 0 Å². The molecule has 0 radical (unpaired) electrons. The van der Waals surface area contributed by atoms with Crippen molar-refractivity contribution in [1.82, 2.24) is 0 Å². The van der Waals surface area contributed by atoms with Crippen LogP contribution in [-0.2, 0) is 5.41 Å². The second-order valence-corrected chi connectivity index (χ2v) is 16.6. The summed E-state index contributed by atoms with van der Waals surface area (Å²) < 4.78 is 0. The van der Waals surface area contributed by atoms with Gasteiger partial charge in [-0.25, -0.2) is 0 Å². The molecule has 0 amide bonds. The summed E-state index contributed by atoms with van der Waals surface area (Å²) in [5.74, 6) is 0. The highest BCUT2D eigenvalue weighted by Gasteiger charge is 2.34. The van der Waals surface area contributed by atoms with Crippen molar-refractivity contribution in [2.75, 3.05) is 9.80 Å². The van der Waals surface area contributed by atoms with Crippen molar-refractivity contribution in [3.63, 3.8) is 0 Å². The Morgan fingerprint density at radius 2 is 0.750 bits per heavy atom. The highest BCUT2D eigenvalue weighted by atomic mass is 15.1. The molecular weight excluding hydrogens is 773 g/mol. The summed E-state index contributed by atoms with van der Waals surface area (Å²) in [7, 11) is 0. The van der Waals surface area contributed by atoms with Crippen molar-refractivity contribution >= 4 is 61.2 Å². The quantitative estimate of drug-likeness (QED) is 0.136. The normalized spacial score (nSPS) is 14.6. The van der Waals surface area contributed by atoms with Crippen LogP contribution in [0, 0.1) is 0 Å². The standard InChI is InChI=1S/C62H46N2/c1-6-22-52(23-7-1)62(53-43-50-21-17-19-33-59(50)61(45-53)64(56-28-12-4-13-29-56)57-30-14-5-15-31-57)40-38-48(39-41-62)46-34-36-47(37-35-46)51-42-49-20-16-18-32-58(49)60(44-51)63(54-24-8-2-9-25-54)55-26-10-3-11-27-55/h1-40,42-45H,41H2. The zero-order chi connectivity index (χ0) is 42.7. The second-order valence-electron chi connectivity index (χ2n) is 16.6. The zero-order valence-electron chi connectivity index (χ0n) is 35.5. The number of hydrogen-bond donors (Lipinski definition) is 0. The zero-order valence-corrected chi connectivity index (χ0v) is 35.5. The van der Waals surface area contributed by atoms with Crippen molar-refractivity contribution in [1.29, 1.82) is 0 Å². The fourth-order valence-corrected chi connectivity index (χ4v) is 9.58. The topological polar surface area (TPSA) is 6.48 Å². The Kier molecular flexibility index (Phi) is 10.2. The number of hydrogen-bond acceptors (Lipinski definition) is 2. The molecule has 2 heteroatoms. The van der Waals surface area contributed by atoms with Crippen LogP contribution in [0.4, 0.5) is 34.1 Å². The lowest BCUT2D eigenvalue weighted by molar-refractivity contribution is 0.650. The fraction of sp³-hybridized carbons (Fsp3) is 0.0323. The van der Waals surface area contributed by atoms with Crippen LogP contribution in [0.25, 0.3) is 38.2 Å². The molecule has 10 aromatic rings. The smallest absolute Gasteiger partial charge is 0.0546 e. The maximum atomic E-state index is 2.45. The van der Waals surface area contributed by atoms with Crippen LogP contribution in [0.15, 0.2) is 267 Å². The molecule has 2 nitrogen and oxygen atoms in total. The van der Waals surface area contributed by atoms with Crippen LogP contribution in [0.1, 0.15) is 23.1 Å². The summed E-state index contributed by atoms with van der Waals surface area (Å²) in [6, 6.07) is 90.0. The van der Waals surface area contributed by atoms with E-state index in [-0.39, 0.29) is 5.41 Å². The van der Waals surface area contributed by atoms with E-state index in [1.54, 1.807) is 0 Å². The fourth-order valence-electron chi connectivity index (χ4n) is 9.58. The third-order valence-corrected chi connectivity index (χ3v) is 12.8. The van der Waals surface area contributed by atoms with E-state index in [1.807, 2.05) is 0 Å². The lowest BCUT2D eigenvalue weighted by Crippen LogP contribution is -2.27. The van der Waals surface area contributed by atoms with Crippen molar-refractivity contribution < 1.29 is 0 Å². The van der Waals surface area contributed by atoms with Gasteiger partial charge in [-0.2, -0.15) is 0 Å². The van der Waals surface area contributed by atoms with Gasteiger partial charge >= 0.3 is 0 Å². The van der Waals surface area contributed by atoms with E-state index < -0.39 is 0 Å². The van der Waals surface area contributed by atoms with Gasteiger partial charge in [-0.1, -0.05) is 194 Å². The van der Waals surface area contributed by atoms with Crippen LogP contribution < -0.4 is 9.80 Å². The van der Waals surface area contributed by atoms with Crippen molar-refractivity contribution in [2.45, 2.75) is 11.8 Å². The van der Waals surface area contributed by atoms with Gasteiger partial charge < -0.3 is 9.80 Å². The highest BCUT2D eigenvalue weighted by Crippen LogP contribution is 2.48. The molecule has 1 unspecified atom stereocenters. The van der Waals surface area contributed by atoms with Gasteiger partial charge in [0.1, 0.15) is 0 Å². The van der Waals surface area contributed by atoms with Crippen LogP contribution in [0.2, 0.25) is 0 Å². The molecule has 11 rings (SSSR count). The Hall–Kier alpha value is -8.20. The first-order valence-electron chi connectivity index (χ1n) is 22.1. The molecule has 0 aromatic heterocycles. The first-order valence-corrected chi connectivity index (χ1v) is 22.1. The Morgan fingerprint density at radius 1 is 0.328 bits per heavy atom. The van der Waals surface area contributed by atoms with Gasteiger partial charge in [0.15, 0.2) is 0 Å². The van der Waals surface area contributed by atoms with Crippen LogP contribution in [-0.4, -0.2) is 0 Å². The molecule has 64 heavy (non-hydrogen) atoms. The van der Waals surface area contributed by atoms with Crippen LogP contribution >= 0.6 is 0 Å². The number of para-hydroxylation sites is 4. The predicted molar refractivity (Wildman–Crippen MR) is 272 cm³/mol. The number of nitrogens with zero attached hydrogens (tertiary/aromatic N) is 2. The first-order chi connectivity index (χ1) is 31.7. The minimum atomic E-state index is -0.382. The number of fused-ring (bicyclic) bond motifs is 2. The minimum Gasteiger partial charge on any atom is -0.310 e. The molecule has 1 atom stereocenters. The Morgan fingerprint density at radius 3 is 1.23 bits per heavy atom. The monoisotopic (exact) mass is 818 g/mol. The molecule has 0 saturated carbocycles. The average molecular weight is 819 g/mol. The van der Waals surface area contributed by atoms with Gasteiger partial charge in [-0.05, 0) is 123 Å². The summed E-state index contributed by atoms with van der Waals surface area (Å²) in [5.41, 5.74) is 13.8. The first kappa shape index (κ1) is 38.7. The van der Waals surface area contributed by atoms with E-state index in [1.165, 1.54) is 54.9 Å². The molecule has 10 aromatic carbocycles. The average Bonchev–Trinajstić information content (AvgIpc) is 3.38. The summed E-state index contributed by atoms with van der Waals surface area (Å²) in [5, 5.41) is 4.85. The summed E-state index contributed by atoms with van der Waals surface area (Å²) in [4.78, 5) is 4.77. The number of anilines is 6. The Labute approximate surface area is 376 Å². The lowest BCUT2D eigenvalue weighted by atomic mass is 9.68. The van der Waals surface area contributed by atoms with Crippen molar-refractivity contribution in [3.8, 4) is 11.1 Å². The number of allylic oxidation sites excluding steroid dienone is 4. The molecule has 0 fully saturated rings. The third kappa shape index (κ3) is 7.25. The second kappa shape index (κ2) is 16.9. The Balaban J connectivity index is 0.977. The maximum Gasteiger partial charge on any atom is 0.0546 e. The van der Waals surface area contributed by atoms with Gasteiger partial charge in [0.05, 0.1) is 11.4 Å². The van der Waals surface area contributed by atoms with Crippen molar-refractivity contribution in [2.24, 2.45) is 0 Å². The molecule has 0 N–H and O–H groups in total. The summed E-state index contributed by atoms with van der Waals surface area (Å²) in [6.07, 6.45) is 8.06. The van der Waals surface area contributed by atoms with E-state index in [0.29, 0.717) is 0 Å². The minimum absolute atomic E-state index is 0.382. The van der Waals surface area contributed by atoms with E-state index >= 15 is 0 Å². The summed E-state index contributed by atoms with van der Waals surface area (Å²) >= 11 is 0. The SMILES string of the molecule is C1=CC(c2ccccc2)(c2cc(N(c3ccccc3)c3ccccc3)c3ccccc3c2)CC=C1c1ccc(-c2cc(N(c3ccccc3)c3ccccc3)c3ccccc3c2)cc1.